The Bertz CT molecular complexity index is 434. The van der Waals surface area contributed by atoms with Crippen molar-refractivity contribution >= 4 is 10.9 Å². The zero-order chi connectivity index (χ0) is 12.5. The van der Waals surface area contributed by atoms with Crippen LogP contribution in [0.4, 0.5) is 0 Å². The molecule has 2 aromatic rings. The van der Waals surface area contributed by atoms with E-state index in [0.717, 1.165) is 10.9 Å². The minimum absolute atomic E-state index is 0.957. The maximum atomic E-state index is 4.22. The summed E-state index contributed by atoms with van der Waals surface area (Å²) in [7, 11) is 0. The third-order valence-electron chi connectivity index (χ3n) is 2.58. The van der Waals surface area contributed by atoms with E-state index in [1.807, 2.05) is 19.2 Å². The third kappa shape index (κ3) is 4.94. The molecule has 0 unspecified atom stereocenters. The first kappa shape index (κ1) is 13.6. The van der Waals surface area contributed by atoms with Gasteiger partial charge in [-0.15, -0.1) is 0 Å². The van der Waals surface area contributed by atoms with Crippen molar-refractivity contribution < 1.29 is 0 Å². The van der Waals surface area contributed by atoms with Gasteiger partial charge in [0.15, 0.2) is 0 Å². The van der Waals surface area contributed by atoms with Crippen molar-refractivity contribution in [2.24, 2.45) is 0 Å². The van der Waals surface area contributed by atoms with Gasteiger partial charge in [0.25, 0.3) is 0 Å². The molecule has 2 rings (SSSR count). The van der Waals surface area contributed by atoms with E-state index < -0.39 is 0 Å². The smallest absolute Gasteiger partial charge is 0.0885 e. The lowest BCUT2D eigenvalue weighted by atomic mass is 10.2. The maximum Gasteiger partial charge on any atom is 0.0885 e. The summed E-state index contributed by atoms with van der Waals surface area (Å²) in [5.74, 6) is 0. The van der Waals surface area contributed by atoms with Crippen LogP contribution in [0.25, 0.3) is 10.9 Å². The third-order valence-corrected chi connectivity index (χ3v) is 2.58. The van der Waals surface area contributed by atoms with Crippen LogP contribution < -0.4 is 0 Å². The molecule has 0 saturated heterocycles. The Morgan fingerprint density at radius 1 is 1.06 bits per heavy atom. The van der Waals surface area contributed by atoms with Crippen LogP contribution in [0, 0.1) is 6.92 Å². The highest BCUT2D eigenvalue weighted by Gasteiger charge is 1.91. The number of aromatic nitrogens is 2. The molecule has 92 valence electrons. The highest BCUT2D eigenvalue weighted by atomic mass is 14.7. The predicted octanol–water partition coefficient (Wildman–Crippen LogP) is 4.52. The van der Waals surface area contributed by atoms with Gasteiger partial charge in [0, 0.05) is 17.8 Å². The molecule has 0 aliphatic carbocycles. The Morgan fingerprint density at radius 2 is 1.76 bits per heavy atom. The van der Waals surface area contributed by atoms with Gasteiger partial charge in [-0.2, -0.15) is 0 Å². The highest BCUT2D eigenvalue weighted by molar-refractivity contribution is 5.77. The van der Waals surface area contributed by atoms with Crippen molar-refractivity contribution in [2.45, 2.75) is 46.5 Å². The molecule has 0 aliphatic rings. The van der Waals surface area contributed by atoms with Crippen LogP contribution in [-0.2, 0) is 0 Å². The van der Waals surface area contributed by atoms with Crippen molar-refractivity contribution in [3.63, 3.8) is 0 Å². The van der Waals surface area contributed by atoms with E-state index >= 15 is 0 Å². The number of fused-ring (bicyclic) bond motifs is 1. The molecule has 0 aliphatic heterocycles. The Hall–Kier alpha value is -1.44. The molecule has 0 saturated carbocycles. The van der Waals surface area contributed by atoms with Gasteiger partial charge in [-0.05, 0) is 24.6 Å². The molecule has 2 nitrogen and oxygen atoms in total. The molecule has 0 aromatic carbocycles. The number of nitrogens with zero attached hydrogens (tertiary/aromatic N) is 2. The molecule has 0 amide bonds. The van der Waals surface area contributed by atoms with Crippen LogP contribution in [-0.4, -0.2) is 9.97 Å². The molecule has 2 heteroatoms. The Kier molecular flexibility index (Phi) is 6.23. The number of rotatable bonds is 3. The largest absolute Gasteiger partial charge is 0.262 e. The van der Waals surface area contributed by atoms with Crippen molar-refractivity contribution in [1.82, 2.24) is 9.97 Å². The van der Waals surface area contributed by atoms with Crippen LogP contribution >= 0.6 is 0 Å². The van der Waals surface area contributed by atoms with Crippen molar-refractivity contribution in [1.29, 1.82) is 0 Å². The van der Waals surface area contributed by atoms with Gasteiger partial charge in [-0.25, -0.2) is 0 Å². The second-order valence-corrected chi connectivity index (χ2v) is 4.29. The lowest BCUT2D eigenvalue weighted by Crippen LogP contribution is -1.81. The first-order chi connectivity index (χ1) is 8.27. The summed E-state index contributed by atoms with van der Waals surface area (Å²) < 4.78 is 0. The van der Waals surface area contributed by atoms with Crippen LogP contribution in [0.1, 0.15) is 45.1 Å². The standard InChI is InChI=1S/C9H8N2.C6H14/c1-7-4-8-2-3-10-6-9(8)11-5-7;1-3-5-6-4-2/h2-6H,1H3;3-6H2,1-2H3. The molecule has 0 spiro atoms. The molecule has 0 N–H and O–H groups in total. The monoisotopic (exact) mass is 230 g/mol. The molecular weight excluding hydrogens is 208 g/mol. The van der Waals surface area contributed by atoms with Gasteiger partial charge in [-0.3, -0.25) is 9.97 Å². The molecule has 0 atom stereocenters. The normalized spacial score (nSPS) is 9.82. The van der Waals surface area contributed by atoms with Gasteiger partial charge in [0.1, 0.15) is 0 Å². The number of hydrogen-bond donors (Lipinski definition) is 0. The van der Waals surface area contributed by atoms with E-state index in [1.165, 1.54) is 31.2 Å². The van der Waals surface area contributed by atoms with Crippen LogP contribution in [0.5, 0.6) is 0 Å². The van der Waals surface area contributed by atoms with Gasteiger partial charge in [0.2, 0.25) is 0 Å². The van der Waals surface area contributed by atoms with Crippen molar-refractivity contribution in [3.8, 4) is 0 Å². The minimum atomic E-state index is 0.957. The van der Waals surface area contributed by atoms with E-state index in [4.69, 9.17) is 0 Å². The van der Waals surface area contributed by atoms with Crippen LogP contribution in [0.3, 0.4) is 0 Å². The average molecular weight is 230 g/mol. The number of hydrogen-bond acceptors (Lipinski definition) is 2. The fourth-order valence-corrected chi connectivity index (χ4v) is 1.58. The summed E-state index contributed by atoms with van der Waals surface area (Å²) >= 11 is 0. The summed E-state index contributed by atoms with van der Waals surface area (Å²) in [4.78, 5) is 8.20. The zero-order valence-electron chi connectivity index (χ0n) is 11.1. The molecule has 0 bridgehead atoms. The molecule has 2 aromatic heterocycles. The fourth-order valence-electron chi connectivity index (χ4n) is 1.58. The first-order valence-corrected chi connectivity index (χ1v) is 6.44. The van der Waals surface area contributed by atoms with E-state index in [1.54, 1.807) is 12.4 Å². The average Bonchev–Trinajstić information content (AvgIpc) is 2.37. The number of unbranched alkanes of at least 4 members (excludes halogenated alkanes) is 3. The Morgan fingerprint density at radius 3 is 2.41 bits per heavy atom. The van der Waals surface area contributed by atoms with E-state index in [0.29, 0.717) is 0 Å². The summed E-state index contributed by atoms with van der Waals surface area (Å²) in [6.07, 6.45) is 10.9. The lowest BCUT2D eigenvalue weighted by molar-refractivity contribution is 0.702. The molecule has 17 heavy (non-hydrogen) atoms. The topological polar surface area (TPSA) is 25.8 Å². The Balaban J connectivity index is 0.000000209. The lowest BCUT2D eigenvalue weighted by Gasteiger charge is -1.95. The molecule has 0 fully saturated rings. The van der Waals surface area contributed by atoms with E-state index in [-0.39, 0.29) is 0 Å². The van der Waals surface area contributed by atoms with Gasteiger partial charge in [0.05, 0.1) is 11.7 Å². The Labute approximate surface area is 104 Å². The minimum Gasteiger partial charge on any atom is -0.262 e. The van der Waals surface area contributed by atoms with E-state index in [9.17, 15) is 0 Å². The molecule has 0 radical (unpaired) electrons. The molecule has 2 heterocycles. The van der Waals surface area contributed by atoms with Crippen molar-refractivity contribution in [2.75, 3.05) is 0 Å². The zero-order valence-corrected chi connectivity index (χ0v) is 11.1. The first-order valence-electron chi connectivity index (χ1n) is 6.44. The molecular formula is C15H22N2. The van der Waals surface area contributed by atoms with Crippen LogP contribution in [0.15, 0.2) is 30.7 Å². The highest BCUT2D eigenvalue weighted by Crippen LogP contribution is 2.09. The summed E-state index contributed by atoms with van der Waals surface area (Å²) in [5.41, 5.74) is 2.14. The SMILES string of the molecule is CCCCCC.Cc1cnc2cnccc2c1. The van der Waals surface area contributed by atoms with Gasteiger partial charge < -0.3 is 0 Å². The fraction of sp³-hybridized carbons (Fsp3) is 0.467. The van der Waals surface area contributed by atoms with Gasteiger partial charge in [-0.1, -0.05) is 39.5 Å². The summed E-state index contributed by atoms with van der Waals surface area (Å²) in [6, 6.07) is 4.07. The second kappa shape index (κ2) is 7.77. The maximum absolute atomic E-state index is 4.22. The van der Waals surface area contributed by atoms with E-state index in [2.05, 4.69) is 29.9 Å². The summed E-state index contributed by atoms with van der Waals surface area (Å²) in [5, 5.41) is 1.15. The number of aryl methyl sites for hydroxylation is 1. The second-order valence-electron chi connectivity index (χ2n) is 4.29. The van der Waals surface area contributed by atoms with Crippen LogP contribution in [0.2, 0.25) is 0 Å². The van der Waals surface area contributed by atoms with Crippen molar-refractivity contribution in [3.05, 3.63) is 36.3 Å². The van der Waals surface area contributed by atoms with Gasteiger partial charge >= 0.3 is 0 Å². The predicted molar refractivity (Wildman–Crippen MR) is 74.1 cm³/mol. The summed E-state index contributed by atoms with van der Waals surface area (Å²) in [6.45, 7) is 6.50. The quantitative estimate of drug-likeness (QED) is 0.724. The number of pyridine rings is 2.